The normalized spacial score (nSPS) is 12.8. The predicted molar refractivity (Wildman–Crippen MR) is 213 cm³/mol. The molecule has 0 bridgehead atoms. The molecule has 50 heavy (non-hydrogen) atoms. The van der Waals surface area contributed by atoms with E-state index in [9.17, 15) is 0 Å². The van der Waals surface area contributed by atoms with Gasteiger partial charge in [0.15, 0.2) is 0 Å². The second-order valence-corrected chi connectivity index (χ2v) is 13.8. The van der Waals surface area contributed by atoms with Crippen LogP contribution in [0.3, 0.4) is 0 Å². The SMILES string of the molecule is CC1(C)c2ccccc2-c2ccc(N(c3cccc(-c4ccc5ccccc5c4)c3)c3ccccc3-c3ccc(-c4ccccc4)cc3)cc21. The summed E-state index contributed by atoms with van der Waals surface area (Å²) >= 11 is 0. The molecule has 9 rings (SSSR count). The van der Waals surface area contributed by atoms with Gasteiger partial charge in [0.1, 0.15) is 0 Å². The lowest BCUT2D eigenvalue weighted by atomic mass is 9.82. The summed E-state index contributed by atoms with van der Waals surface area (Å²) in [7, 11) is 0. The maximum Gasteiger partial charge on any atom is 0.0540 e. The minimum absolute atomic E-state index is 0.104. The van der Waals surface area contributed by atoms with Gasteiger partial charge in [-0.2, -0.15) is 0 Å². The molecule has 0 aromatic heterocycles. The van der Waals surface area contributed by atoms with Gasteiger partial charge in [0.05, 0.1) is 5.69 Å². The highest BCUT2D eigenvalue weighted by Crippen LogP contribution is 2.51. The third kappa shape index (κ3) is 5.11. The van der Waals surface area contributed by atoms with Crippen LogP contribution < -0.4 is 4.90 Å². The Hall–Kier alpha value is -6.18. The second kappa shape index (κ2) is 12.1. The number of nitrogens with zero attached hydrogens (tertiary/aromatic N) is 1. The topological polar surface area (TPSA) is 3.24 Å². The van der Waals surface area contributed by atoms with Gasteiger partial charge in [-0.25, -0.2) is 0 Å². The molecular weight excluding hydrogens is 603 g/mol. The Bertz CT molecular complexity index is 2510. The Morgan fingerprint density at radius 1 is 0.340 bits per heavy atom. The summed E-state index contributed by atoms with van der Waals surface area (Å²) in [6, 6.07) is 68.7. The number of hydrogen-bond acceptors (Lipinski definition) is 1. The zero-order valence-corrected chi connectivity index (χ0v) is 28.3. The van der Waals surface area contributed by atoms with Crippen LogP contribution in [0.1, 0.15) is 25.0 Å². The first-order valence-corrected chi connectivity index (χ1v) is 17.4. The van der Waals surface area contributed by atoms with Gasteiger partial charge < -0.3 is 4.90 Å². The molecule has 1 nitrogen and oxygen atoms in total. The van der Waals surface area contributed by atoms with E-state index in [1.807, 2.05) is 0 Å². The van der Waals surface area contributed by atoms with Crippen LogP contribution in [0, 0.1) is 0 Å². The van der Waals surface area contributed by atoms with Crippen molar-refractivity contribution in [3.8, 4) is 44.5 Å². The van der Waals surface area contributed by atoms with E-state index in [1.54, 1.807) is 0 Å². The summed E-state index contributed by atoms with van der Waals surface area (Å²) < 4.78 is 0. The Balaban J connectivity index is 1.21. The smallest absolute Gasteiger partial charge is 0.0540 e. The molecule has 8 aromatic carbocycles. The third-order valence-electron chi connectivity index (χ3n) is 10.5. The van der Waals surface area contributed by atoms with Crippen LogP contribution in [0.15, 0.2) is 188 Å². The first-order valence-electron chi connectivity index (χ1n) is 17.4. The molecule has 0 unspecified atom stereocenters. The predicted octanol–water partition coefficient (Wildman–Crippen LogP) is 13.6. The van der Waals surface area contributed by atoms with Gasteiger partial charge in [-0.1, -0.05) is 166 Å². The van der Waals surface area contributed by atoms with Gasteiger partial charge in [0.25, 0.3) is 0 Å². The zero-order chi connectivity index (χ0) is 33.7. The molecule has 0 amide bonds. The average Bonchev–Trinajstić information content (AvgIpc) is 3.41. The number of rotatable bonds is 6. The van der Waals surface area contributed by atoms with Crippen LogP contribution in [-0.4, -0.2) is 0 Å². The van der Waals surface area contributed by atoms with E-state index in [4.69, 9.17) is 0 Å². The van der Waals surface area contributed by atoms with Crippen molar-refractivity contribution in [2.24, 2.45) is 0 Å². The van der Waals surface area contributed by atoms with Gasteiger partial charge in [-0.05, 0) is 97.2 Å². The lowest BCUT2D eigenvalue weighted by Crippen LogP contribution is -2.17. The van der Waals surface area contributed by atoms with E-state index in [0.29, 0.717) is 0 Å². The summed E-state index contributed by atoms with van der Waals surface area (Å²) in [5, 5.41) is 2.50. The van der Waals surface area contributed by atoms with Crippen molar-refractivity contribution >= 4 is 27.8 Å². The fourth-order valence-corrected chi connectivity index (χ4v) is 7.84. The Labute approximate surface area is 294 Å². The number of hydrogen-bond donors (Lipinski definition) is 0. The van der Waals surface area contributed by atoms with E-state index < -0.39 is 0 Å². The molecule has 0 N–H and O–H groups in total. The fourth-order valence-electron chi connectivity index (χ4n) is 7.84. The van der Waals surface area contributed by atoms with Crippen molar-refractivity contribution in [3.05, 3.63) is 199 Å². The molecule has 0 saturated heterocycles. The minimum atomic E-state index is -0.104. The summed E-state index contributed by atoms with van der Waals surface area (Å²) in [5.41, 5.74) is 15.9. The molecule has 1 heteroatoms. The van der Waals surface area contributed by atoms with E-state index >= 15 is 0 Å². The number of para-hydroxylation sites is 1. The molecule has 1 aliphatic carbocycles. The standard InChI is InChI=1S/C49H37N/c1-49(2)46-21-10-8-20-44(46)45-30-29-42(33-47(45)49)50(41-18-12-17-39(32-41)40-28-25-35-15-6-7-16-38(35)31-40)48-22-11-9-19-43(48)37-26-23-36(24-27-37)34-13-4-3-5-14-34/h3-33H,1-2H3. The van der Waals surface area contributed by atoms with Crippen molar-refractivity contribution in [3.63, 3.8) is 0 Å². The van der Waals surface area contributed by atoms with Crippen LogP contribution in [0.4, 0.5) is 17.1 Å². The molecule has 0 spiro atoms. The molecule has 0 saturated carbocycles. The van der Waals surface area contributed by atoms with Crippen molar-refractivity contribution in [1.82, 2.24) is 0 Å². The largest absolute Gasteiger partial charge is 0.310 e. The highest BCUT2D eigenvalue weighted by molar-refractivity contribution is 5.93. The average molecular weight is 640 g/mol. The van der Waals surface area contributed by atoms with E-state index in [1.165, 1.54) is 66.4 Å². The van der Waals surface area contributed by atoms with E-state index in [-0.39, 0.29) is 5.41 Å². The number of anilines is 3. The van der Waals surface area contributed by atoms with Gasteiger partial charge in [0, 0.05) is 22.4 Å². The van der Waals surface area contributed by atoms with Crippen LogP contribution in [0.25, 0.3) is 55.3 Å². The van der Waals surface area contributed by atoms with Crippen molar-refractivity contribution in [2.45, 2.75) is 19.3 Å². The van der Waals surface area contributed by atoms with E-state index in [2.05, 4.69) is 207 Å². The zero-order valence-electron chi connectivity index (χ0n) is 28.3. The lowest BCUT2D eigenvalue weighted by Gasteiger charge is -2.30. The third-order valence-corrected chi connectivity index (χ3v) is 10.5. The highest BCUT2D eigenvalue weighted by Gasteiger charge is 2.35. The second-order valence-electron chi connectivity index (χ2n) is 13.8. The maximum absolute atomic E-state index is 2.45. The monoisotopic (exact) mass is 639 g/mol. The Morgan fingerprint density at radius 2 is 0.920 bits per heavy atom. The fraction of sp³-hybridized carbons (Fsp3) is 0.0612. The van der Waals surface area contributed by atoms with Crippen LogP contribution in [-0.2, 0) is 5.41 Å². The summed E-state index contributed by atoms with van der Waals surface area (Å²) in [5.74, 6) is 0. The van der Waals surface area contributed by atoms with Crippen molar-refractivity contribution < 1.29 is 0 Å². The van der Waals surface area contributed by atoms with Gasteiger partial charge in [0.2, 0.25) is 0 Å². The maximum atomic E-state index is 2.45. The molecule has 238 valence electrons. The molecule has 8 aromatic rings. The molecule has 1 aliphatic rings. The number of fused-ring (bicyclic) bond motifs is 4. The quantitative estimate of drug-likeness (QED) is 0.175. The molecule has 0 radical (unpaired) electrons. The first-order chi connectivity index (χ1) is 24.5. The van der Waals surface area contributed by atoms with E-state index in [0.717, 1.165) is 17.1 Å². The first kappa shape index (κ1) is 29.9. The van der Waals surface area contributed by atoms with Gasteiger partial charge >= 0.3 is 0 Å². The van der Waals surface area contributed by atoms with Crippen molar-refractivity contribution in [2.75, 3.05) is 4.90 Å². The molecular formula is C49H37N. The summed E-state index contributed by atoms with van der Waals surface area (Å²) in [4.78, 5) is 2.45. The van der Waals surface area contributed by atoms with Crippen LogP contribution >= 0.6 is 0 Å². The van der Waals surface area contributed by atoms with Gasteiger partial charge in [-0.3, -0.25) is 0 Å². The minimum Gasteiger partial charge on any atom is -0.310 e. The van der Waals surface area contributed by atoms with Gasteiger partial charge in [-0.15, -0.1) is 0 Å². The molecule has 0 aliphatic heterocycles. The van der Waals surface area contributed by atoms with Crippen LogP contribution in [0.5, 0.6) is 0 Å². The highest BCUT2D eigenvalue weighted by atomic mass is 15.1. The Kier molecular flexibility index (Phi) is 7.21. The summed E-state index contributed by atoms with van der Waals surface area (Å²) in [6.45, 7) is 4.71. The van der Waals surface area contributed by atoms with Crippen molar-refractivity contribution in [1.29, 1.82) is 0 Å². The Morgan fingerprint density at radius 3 is 1.76 bits per heavy atom. The molecule has 0 heterocycles. The van der Waals surface area contributed by atoms with Crippen LogP contribution in [0.2, 0.25) is 0 Å². The molecule has 0 fully saturated rings. The number of benzene rings is 8. The lowest BCUT2D eigenvalue weighted by molar-refractivity contribution is 0.660. The summed E-state index contributed by atoms with van der Waals surface area (Å²) in [6.07, 6.45) is 0. The molecule has 0 atom stereocenters.